The molecule has 0 aliphatic heterocycles. The van der Waals surface area contributed by atoms with Crippen molar-refractivity contribution in [3.05, 3.63) is 29.8 Å². The molecule has 0 N–H and O–H groups in total. The van der Waals surface area contributed by atoms with Gasteiger partial charge < -0.3 is 4.74 Å². The predicted octanol–water partition coefficient (Wildman–Crippen LogP) is 3.07. The van der Waals surface area contributed by atoms with E-state index in [1.54, 1.807) is 0 Å². The van der Waals surface area contributed by atoms with E-state index in [1.807, 2.05) is 24.3 Å². The minimum Gasteiger partial charge on any atom is -0.493 e. The van der Waals surface area contributed by atoms with E-state index in [0.29, 0.717) is 11.7 Å². The van der Waals surface area contributed by atoms with Gasteiger partial charge in [-0.05, 0) is 55.9 Å². The smallest absolute Gasteiger partial charge is 0.165 e. The molecule has 0 amide bonds. The van der Waals surface area contributed by atoms with Crippen molar-refractivity contribution in [1.82, 2.24) is 0 Å². The van der Waals surface area contributed by atoms with Crippen LogP contribution >= 0.6 is 0 Å². The Morgan fingerprint density at radius 2 is 1.81 bits per heavy atom. The van der Waals surface area contributed by atoms with E-state index in [1.165, 1.54) is 12.8 Å². The van der Waals surface area contributed by atoms with Gasteiger partial charge in [-0.15, -0.1) is 0 Å². The standard InChI is InChI=1S/C14H16O2/c15-14(11-3-4-11)12-5-7-13(8-6-12)16-9-10-1-2-10/h5-8,10-11H,1-4,9H2. The van der Waals surface area contributed by atoms with Crippen LogP contribution < -0.4 is 4.74 Å². The van der Waals surface area contributed by atoms with Crippen LogP contribution in [0.3, 0.4) is 0 Å². The lowest BCUT2D eigenvalue weighted by molar-refractivity contribution is 0.0967. The number of ether oxygens (including phenoxy) is 1. The van der Waals surface area contributed by atoms with Crippen LogP contribution in [-0.4, -0.2) is 12.4 Å². The average molecular weight is 216 g/mol. The van der Waals surface area contributed by atoms with Crippen molar-refractivity contribution < 1.29 is 9.53 Å². The molecule has 3 rings (SSSR count). The number of hydrogen-bond donors (Lipinski definition) is 0. The number of hydrogen-bond acceptors (Lipinski definition) is 2. The Labute approximate surface area is 95.6 Å². The highest BCUT2D eigenvalue weighted by Gasteiger charge is 2.30. The Balaban J connectivity index is 1.61. The largest absolute Gasteiger partial charge is 0.493 e. The van der Waals surface area contributed by atoms with Crippen LogP contribution in [0.4, 0.5) is 0 Å². The van der Waals surface area contributed by atoms with Gasteiger partial charge >= 0.3 is 0 Å². The average Bonchev–Trinajstić information content (AvgIpc) is 3.19. The van der Waals surface area contributed by atoms with Crippen LogP contribution in [0, 0.1) is 11.8 Å². The molecule has 2 fully saturated rings. The summed E-state index contributed by atoms with van der Waals surface area (Å²) in [5, 5.41) is 0. The van der Waals surface area contributed by atoms with Crippen LogP contribution in [0.2, 0.25) is 0 Å². The van der Waals surface area contributed by atoms with Gasteiger partial charge in [0, 0.05) is 11.5 Å². The molecular formula is C14H16O2. The zero-order chi connectivity index (χ0) is 11.0. The molecular weight excluding hydrogens is 200 g/mol. The Morgan fingerprint density at radius 1 is 1.12 bits per heavy atom. The van der Waals surface area contributed by atoms with Gasteiger partial charge in [-0.2, -0.15) is 0 Å². The Morgan fingerprint density at radius 3 is 2.38 bits per heavy atom. The first-order valence-corrected chi connectivity index (χ1v) is 6.10. The van der Waals surface area contributed by atoms with Gasteiger partial charge in [0.1, 0.15) is 5.75 Å². The van der Waals surface area contributed by atoms with Gasteiger partial charge in [-0.3, -0.25) is 4.79 Å². The zero-order valence-electron chi connectivity index (χ0n) is 9.32. The van der Waals surface area contributed by atoms with E-state index >= 15 is 0 Å². The molecule has 2 aliphatic rings. The van der Waals surface area contributed by atoms with Crippen molar-refractivity contribution in [1.29, 1.82) is 0 Å². The molecule has 1 aromatic carbocycles. The van der Waals surface area contributed by atoms with E-state index < -0.39 is 0 Å². The third-order valence-corrected chi connectivity index (χ3v) is 3.27. The first kappa shape index (κ1) is 9.88. The number of ketones is 1. The molecule has 0 saturated heterocycles. The molecule has 0 heterocycles. The molecule has 2 saturated carbocycles. The second-order valence-corrected chi connectivity index (χ2v) is 4.92. The summed E-state index contributed by atoms with van der Waals surface area (Å²) in [4.78, 5) is 11.8. The third-order valence-electron chi connectivity index (χ3n) is 3.27. The van der Waals surface area contributed by atoms with Gasteiger partial charge in [0.25, 0.3) is 0 Å². The molecule has 0 radical (unpaired) electrons. The summed E-state index contributed by atoms with van der Waals surface area (Å²) < 4.78 is 5.63. The second-order valence-electron chi connectivity index (χ2n) is 4.92. The highest BCUT2D eigenvalue weighted by molar-refractivity contribution is 5.99. The number of carbonyl (C=O) groups is 1. The van der Waals surface area contributed by atoms with Crippen molar-refractivity contribution in [2.75, 3.05) is 6.61 Å². The Hall–Kier alpha value is -1.31. The minimum atomic E-state index is 0.300. The molecule has 16 heavy (non-hydrogen) atoms. The Bertz CT molecular complexity index is 386. The molecule has 0 spiro atoms. The maximum absolute atomic E-state index is 11.8. The summed E-state index contributed by atoms with van der Waals surface area (Å²) in [7, 11) is 0. The van der Waals surface area contributed by atoms with Gasteiger partial charge in [-0.1, -0.05) is 0 Å². The van der Waals surface area contributed by atoms with Crippen molar-refractivity contribution in [2.24, 2.45) is 11.8 Å². The normalized spacial score (nSPS) is 19.5. The van der Waals surface area contributed by atoms with Gasteiger partial charge in [0.2, 0.25) is 0 Å². The lowest BCUT2D eigenvalue weighted by atomic mass is 10.1. The zero-order valence-corrected chi connectivity index (χ0v) is 9.32. The molecule has 0 bridgehead atoms. The minimum absolute atomic E-state index is 0.300. The summed E-state index contributed by atoms with van der Waals surface area (Å²) in [6, 6.07) is 7.61. The molecule has 2 nitrogen and oxygen atoms in total. The highest BCUT2D eigenvalue weighted by Crippen LogP contribution is 2.33. The third kappa shape index (κ3) is 2.26. The van der Waals surface area contributed by atoms with E-state index in [-0.39, 0.29) is 0 Å². The lowest BCUT2D eigenvalue weighted by Crippen LogP contribution is -2.02. The van der Waals surface area contributed by atoms with Gasteiger partial charge in [0.05, 0.1) is 6.61 Å². The highest BCUT2D eigenvalue weighted by atomic mass is 16.5. The maximum atomic E-state index is 11.8. The number of rotatable bonds is 5. The van der Waals surface area contributed by atoms with Crippen LogP contribution in [0.15, 0.2) is 24.3 Å². The van der Waals surface area contributed by atoms with Gasteiger partial charge in [-0.25, -0.2) is 0 Å². The maximum Gasteiger partial charge on any atom is 0.165 e. The van der Waals surface area contributed by atoms with Crippen LogP contribution in [-0.2, 0) is 0 Å². The summed E-state index contributed by atoms with van der Waals surface area (Å²) >= 11 is 0. The monoisotopic (exact) mass is 216 g/mol. The van der Waals surface area contributed by atoms with E-state index in [0.717, 1.165) is 36.7 Å². The first-order chi connectivity index (χ1) is 7.83. The predicted molar refractivity (Wildman–Crippen MR) is 61.7 cm³/mol. The van der Waals surface area contributed by atoms with Gasteiger partial charge in [0.15, 0.2) is 5.78 Å². The fourth-order valence-corrected chi connectivity index (χ4v) is 1.80. The number of Topliss-reactive ketones (excluding diaryl/α,β-unsaturated/α-hetero) is 1. The molecule has 2 heteroatoms. The fourth-order valence-electron chi connectivity index (χ4n) is 1.80. The lowest BCUT2D eigenvalue weighted by Gasteiger charge is -2.05. The Kier molecular flexibility index (Phi) is 2.43. The molecule has 0 atom stereocenters. The van der Waals surface area contributed by atoms with Crippen molar-refractivity contribution in [3.8, 4) is 5.75 Å². The fraction of sp³-hybridized carbons (Fsp3) is 0.500. The molecule has 0 unspecified atom stereocenters. The summed E-state index contributed by atoms with van der Waals surface area (Å²) in [6.45, 7) is 0.829. The van der Waals surface area contributed by atoms with Crippen LogP contribution in [0.1, 0.15) is 36.0 Å². The quantitative estimate of drug-likeness (QED) is 0.707. The molecule has 0 aromatic heterocycles. The summed E-state index contributed by atoms with van der Waals surface area (Å²) in [6.07, 6.45) is 4.74. The van der Waals surface area contributed by atoms with Crippen LogP contribution in [0.25, 0.3) is 0 Å². The molecule has 84 valence electrons. The SMILES string of the molecule is O=C(c1ccc(OCC2CC2)cc1)C1CC1. The molecule has 2 aliphatic carbocycles. The van der Waals surface area contributed by atoms with Crippen LogP contribution in [0.5, 0.6) is 5.75 Å². The number of benzene rings is 1. The van der Waals surface area contributed by atoms with Crippen molar-refractivity contribution in [2.45, 2.75) is 25.7 Å². The van der Waals surface area contributed by atoms with E-state index in [2.05, 4.69) is 0 Å². The topological polar surface area (TPSA) is 26.3 Å². The van der Waals surface area contributed by atoms with Crippen molar-refractivity contribution >= 4 is 5.78 Å². The first-order valence-electron chi connectivity index (χ1n) is 6.10. The van der Waals surface area contributed by atoms with E-state index in [4.69, 9.17) is 4.74 Å². The summed E-state index contributed by atoms with van der Waals surface area (Å²) in [5.74, 6) is 2.26. The molecule has 1 aromatic rings. The number of carbonyl (C=O) groups excluding carboxylic acids is 1. The van der Waals surface area contributed by atoms with Crippen molar-refractivity contribution in [3.63, 3.8) is 0 Å². The second kappa shape index (κ2) is 3.93. The summed E-state index contributed by atoms with van der Waals surface area (Å²) in [5.41, 5.74) is 0.835. The van der Waals surface area contributed by atoms with E-state index in [9.17, 15) is 4.79 Å².